The second-order valence-corrected chi connectivity index (χ2v) is 23.9. The van der Waals surface area contributed by atoms with Gasteiger partial charge in [0.15, 0.2) is 6.10 Å². The van der Waals surface area contributed by atoms with E-state index in [9.17, 15) is 43.2 Å². The lowest BCUT2D eigenvalue weighted by atomic mass is 9.90. The average molecular weight is 1170 g/mol. The topological polar surface area (TPSA) is 236 Å². The SMILES string of the molecule is CC/C=C(\C)C1OC(=O)[C@H](C)N(C)C(=O)C(C(C)C)NC(=O)CN(C)C(=O)[C@@H](CC(C)C)N(C)C(=O)[C@H](C(C)C)NC(=O)[C@@H]([C@@H](C)CC)OC(=O)/C(C)=C/C[C@H](OC(=O)CCCCCNC(=O)OCC2c3ccccc3-c3ccccc32)[C@@H]1C. The number of alkyl carbamates (subject to hydrolysis) is 1. The molecule has 84 heavy (non-hydrogen) atoms. The first-order chi connectivity index (χ1) is 39.6. The number of fused-ring (bicyclic) bond motifs is 3. The molecular formula is C65H96N6O13. The van der Waals surface area contributed by atoms with Gasteiger partial charge in [-0.25, -0.2) is 14.4 Å². The Bertz CT molecular complexity index is 2640. The molecule has 2 aromatic carbocycles. The Morgan fingerprint density at radius 3 is 1.93 bits per heavy atom. The van der Waals surface area contributed by atoms with Gasteiger partial charge in [0.05, 0.1) is 6.54 Å². The number of nitrogens with one attached hydrogen (secondary N) is 3. The number of esters is 3. The average Bonchev–Trinajstić information content (AvgIpc) is 3.85. The normalized spacial score (nSPS) is 24.4. The van der Waals surface area contributed by atoms with Crippen molar-refractivity contribution < 1.29 is 62.1 Å². The Balaban J connectivity index is 1.62. The molecule has 0 aromatic heterocycles. The molecule has 464 valence electrons. The summed E-state index contributed by atoms with van der Waals surface area (Å²) >= 11 is 0. The fourth-order valence-corrected chi connectivity index (χ4v) is 10.5. The molecule has 0 saturated carbocycles. The fraction of sp³-hybridized carbons (Fsp3) is 0.615. The molecule has 19 heteroatoms. The van der Waals surface area contributed by atoms with Crippen molar-refractivity contribution in [1.82, 2.24) is 30.7 Å². The number of unbranched alkanes of at least 4 members (excludes halogenated alkanes) is 2. The predicted molar refractivity (Wildman–Crippen MR) is 322 cm³/mol. The molecule has 1 aliphatic heterocycles. The Kier molecular flexibility index (Phi) is 27.2. The van der Waals surface area contributed by atoms with Gasteiger partial charge in [-0.1, -0.05) is 136 Å². The number of allylic oxidation sites excluding steroid dienone is 1. The molecule has 2 aromatic rings. The van der Waals surface area contributed by atoms with Crippen LogP contribution in [-0.4, -0.2) is 152 Å². The Labute approximate surface area is 498 Å². The molecule has 0 bridgehead atoms. The van der Waals surface area contributed by atoms with Crippen LogP contribution in [0.1, 0.15) is 158 Å². The first kappa shape index (κ1) is 69.4. The first-order valence-corrected chi connectivity index (χ1v) is 30.1. The maximum atomic E-state index is 14.5. The molecule has 4 rings (SSSR count). The zero-order chi connectivity index (χ0) is 62.7. The summed E-state index contributed by atoms with van der Waals surface area (Å²) in [5.74, 6) is -7.54. The van der Waals surface area contributed by atoms with E-state index < -0.39 is 126 Å². The van der Waals surface area contributed by atoms with Crippen molar-refractivity contribution >= 4 is 53.5 Å². The number of amides is 6. The van der Waals surface area contributed by atoms with Gasteiger partial charge >= 0.3 is 24.0 Å². The number of ether oxygens (including phenoxy) is 4. The third-order valence-corrected chi connectivity index (χ3v) is 16.2. The monoisotopic (exact) mass is 1170 g/mol. The van der Waals surface area contributed by atoms with Crippen molar-refractivity contribution in [1.29, 1.82) is 0 Å². The molecule has 1 aliphatic carbocycles. The van der Waals surface area contributed by atoms with E-state index in [-0.39, 0.29) is 43.3 Å². The molecule has 3 N–H and O–H groups in total. The first-order valence-electron chi connectivity index (χ1n) is 30.1. The molecule has 1 heterocycles. The van der Waals surface area contributed by atoms with Crippen LogP contribution in [0, 0.1) is 29.6 Å². The molecule has 2 unspecified atom stereocenters. The smallest absolute Gasteiger partial charge is 0.407 e. The number of hydrogen-bond acceptors (Lipinski definition) is 13. The van der Waals surface area contributed by atoms with Crippen molar-refractivity contribution in [2.75, 3.05) is 40.8 Å². The van der Waals surface area contributed by atoms with Crippen LogP contribution in [0.15, 0.2) is 71.8 Å². The zero-order valence-corrected chi connectivity index (χ0v) is 52.7. The summed E-state index contributed by atoms with van der Waals surface area (Å²) in [5, 5.41) is 8.42. The fourth-order valence-electron chi connectivity index (χ4n) is 10.5. The molecule has 9 atom stereocenters. The zero-order valence-electron chi connectivity index (χ0n) is 52.7. The summed E-state index contributed by atoms with van der Waals surface area (Å²) in [6.45, 7) is 22.9. The highest BCUT2D eigenvalue weighted by Crippen LogP contribution is 2.44. The second kappa shape index (κ2) is 32.9. The molecule has 0 saturated heterocycles. The van der Waals surface area contributed by atoms with E-state index in [0.717, 1.165) is 22.3 Å². The highest BCUT2D eigenvalue weighted by molar-refractivity contribution is 5.96. The number of hydrogen-bond donors (Lipinski definition) is 3. The largest absolute Gasteiger partial charge is 0.462 e. The molecular weight excluding hydrogens is 1070 g/mol. The molecule has 0 spiro atoms. The van der Waals surface area contributed by atoms with Gasteiger partial charge in [-0.15, -0.1) is 0 Å². The van der Waals surface area contributed by atoms with Gasteiger partial charge in [0, 0.05) is 63.9 Å². The van der Waals surface area contributed by atoms with Gasteiger partial charge in [-0.2, -0.15) is 0 Å². The minimum absolute atomic E-state index is 0.0109. The van der Waals surface area contributed by atoms with Gasteiger partial charge in [0.25, 0.3) is 5.91 Å². The minimum Gasteiger partial charge on any atom is -0.462 e. The van der Waals surface area contributed by atoms with Crippen molar-refractivity contribution in [3.8, 4) is 11.1 Å². The highest BCUT2D eigenvalue weighted by Gasteiger charge is 2.41. The van der Waals surface area contributed by atoms with Crippen LogP contribution in [0.25, 0.3) is 11.1 Å². The molecule has 19 nitrogen and oxygen atoms in total. The van der Waals surface area contributed by atoms with Crippen LogP contribution in [0.3, 0.4) is 0 Å². The third kappa shape index (κ3) is 19.0. The van der Waals surface area contributed by atoms with E-state index in [1.165, 1.54) is 49.7 Å². The van der Waals surface area contributed by atoms with E-state index in [2.05, 4.69) is 40.2 Å². The van der Waals surface area contributed by atoms with Crippen LogP contribution in [0.2, 0.25) is 0 Å². The summed E-state index contributed by atoms with van der Waals surface area (Å²) in [5.41, 5.74) is 5.23. The van der Waals surface area contributed by atoms with Gasteiger partial charge < -0.3 is 49.6 Å². The molecule has 0 fully saturated rings. The van der Waals surface area contributed by atoms with Crippen LogP contribution in [0.4, 0.5) is 4.79 Å². The van der Waals surface area contributed by atoms with Crippen molar-refractivity contribution in [3.05, 3.63) is 83.0 Å². The van der Waals surface area contributed by atoms with Gasteiger partial charge in [0.2, 0.25) is 23.6 Å². The van der Waals surface area contributed by atoms with Crippen LogP contribution >= 0.6 is 0 Å². The van der Waals surface area contributed by atoms with Crippen LogP contribution in [0.5, 0.6) is 0 Å². The Morgan fingerprint density at radius 1 is 0.774 bits per heavy atom. The van der Waals surface area contributed by atoms with Crippen LogP contribution in [-0.2, 0) is 57.3 Å². The number of carbonyl (C=O) groups is 9. The number of benzene rings is 2. The maximum Gasteiger partial charge on any atom is 0.407 e. The lowest BCUT2D eigenvalue weighted by molar-refractivity contribution is -0.164. The van der Waals surface area contributed by atoms with E-state index in [4.69, 9.17) is 18.9 Å². The molecule has 2 aliphatic rings. The summed E-state index contributed by atoms with van der Waals surface area (Å²) in [4.78, 5) is 130. The van der Waals surface area contributed by atoms with E-state index >= 15 is 0 Å². The van der Waals surface area contributed by atoms with Crippen molar-refractivity contribution in [2.24, 2.45) is 29.6 Å². The van der Waals surface area contributed by atoms with Gasteiger partial charge in [0.1, 0.15) is 43.0 Å². The number of rotatable bonds is 17. The number of likely N-dealkylation sites (N-methyl/N-ethyl adjacent to an activating group) is 3. The predicted octanol–water partition coefficient (Wildman–Crippen LogP) is 8.67. The van der Waals surface area contributed by atoms with Crippen molar-refractivity contribution in [3.63, 3.8) is 0 Å². The second-order valence-electron chi connectivity index (χ2n) is 23.9. The standard InChI is InChI=1S/C65H96N6O13/c1-17-26-42(10)57-44(12)52(82-54(73)31-20-19-25-34-66-65(80)81-37-50-48-29-23-21-27-46(48)47-28-22-24-30-49(47)50)33-32-43(11)63(78)84-58(41(9)18-2)59(74)68-56(40(7)8)62(77)71(16)51(35-38(3)4)60(75)69(14)36-53(72)67-55(39(5)6)61(76)70(15)45(13)64(79)83-57/h21-24,26-30,32,38-41,44-45,50-52,55-58H,17-20,25,31,33-37H2,1-16H3,(H,66,80)(H,67,72)(H,68,74)/b42-26+,43-32+/t41-,44-,45-,51+,52-,55?,56-,57?,58+/m0/s1. The summed E-state index contributed by atoms with van der Waals surface area (Å²) in [7, 11) is 4.34. The summed E-state index contributed by atoms with van der Waals surface area (Å²) in [6, 6.07) is 11.7. The lowest BCUT2D eigenvalue weighted by Gasteiger charge is -2.36. The van der Waals surface area contributed by atoms with E-state index in [0.29, 0.717) is 44.2 Å². The number of cyclic esters (lactones) is 2. The molecule has 0 radical (unpaired) electrons. The van der Waals surface area contributed by atoms with E-state index in [1.807, 2.05) is 58.0 Å². The van der Waals surface area contributed by atoms with Crippen LogP contribution < -0.4 is 16.0 Å². The van der Waals surface area contributed by atoms with E-state index in [1.54, 1.807) is 54.5 Å². The molecule has 6 amide bonds. The lowest BCUT2D eigenvalue weighted by Crippen LogP contribution is -2.59. The number of nitrogens with zero attached hydrogens (tertiary/aromatic N) is 3. The Morgan fingerprint density at radius 2 is 1.36 bits per heavy atom. The highest BCUT2D eigenvalue weighted by atomic mass is 16.6. The van der Waals surface area contributed by atoms with Crippen molar-refractivity contribution in [2.45, 2.75) is 190 Å². The van der Waals surface area contributed by atoms with Gasteiger partial charge in [-0.05, 0) is 98.5 Å². The summed E-state index contributed by atoms with van der Waals surface area (Å²) < 4.78 is 24.2. The quantitative estimate of drug-likeness (QED) is 0.0583. The minimum atomic E-state index is -1.34. The third-order valence-electron chi connectivity index (χ3n) is 16.2. The maximum absolute atomic E-state index is 14.5. The van der Waals surface area contributed by atoms with Gasteiger partial charge in [-0.3, -0.25) is 28.8 Å². The number of carbonyl (C=O) groups excluding carboxylic acids is 9. The Hall–Kier alpha value is -7.05. The summed E-state index contributed by atoms with van der Waals surface area (Å²) in [6.07, 6.45) is 2.29.